The van der Waals surface area contributed by atoms with Crippen LogP contribution in [0.15, 0.2) is 71.7 Å². The largest absolute Gasteiger partial charge is 0.502 e. The first-order chi connectivity index (χ1) is 14.0. The Kier molecular flexibility index (Phi) is 5.93. The predicted octanol–water partition coefficient (Wildman–Crippen LogP) is 3.85. The van der Waals surface area contributed by atoms with Gasteiger partial charge in [-0.1, -0.05) is 30.3 Å². The molecule has 1 aliphatic carbocycles. The third-order valence-electron chi connectivity index (χ3n) is 4.58. The van der Waals surface area contributed by atoms with Crippen molar-refractivity contribution in [2.75, 3.05) is 28.4 Å². The molecule has 0 heterocycles. The van der Waals surface area contributed by atoms with Crippen molar-refractivity contribution in [1.29, 1.82) is 0 Å². The molecule has 6 heteroatoms. The minimum atomic E-state index is -0.327. The van der Waals surface area contributed by atoms with E-state index in [1.165, 1.54) is 28.4 Å². The number of hydrogen-bond donors (Lipinski definition) is 1. The average Bonchev–Trinajstić information content (AvgIpc) is 2.76. The Balaban J connectivity index is 2.36. The second-order valence-electron chi connectivity index (χ2n) is 6.18. The van der Waals surface area contributed by atoms with Gasteiger partial charge in [0.25, 0.3) is 5.78 Å². The Morgan fingerprint density at radius 3 is 1.72 bits per heavy atom. The van der Waals surface area contributed by atoms with Crippen molar-refractivity contribution in [2.45, 2.75) is 0 Å². The fraction of sp³-hybridized carbons (Fsp3) is 0.174. The molecule has 0 fully saturated rings. The maximum absolute atomic E-state index is 12.4. The van der Waals surface area contributed by atoms with Crippen molar-refractivity contribution in [3.05, 3.63) is 82.8 Å². The average molecular weight is 394 g/mol. The first-order valence-corrected chi connectivity index (χ1v) is 8.85. The first kappa shape index (κ1) is 20.1. The number of hydrogen-bond acceptors (Lipinski definition) is 6. The van der Waals surface area contributed by atoms with E-state index in [-0.39, 0.29) is 34.6 Å². The normalized spacial score (nSPS) is 13.4. The van der Waals surface area contributed by atoms with Crippen molar-refractivity contribution in [1.82, 2.24) is 0 Å². The standard InChI is InChI=1S/C23H22O6/c1-26-17-10-15(11-18(27-2)22(17)24)21(14-8-6-5-7-9-14)16-12-19(28-3)23(25)20(13-16)29-4/h5-13,24H,1-4H3. The molecule has 0 aromatic heterocycles. The van der Waals surface area contributed by atoms with Gasteiger partial charge in [0.15, 0.2) is 23.0 Å². The molecule has 2 aromatic rings. The molecule has 0 radical (unpaired) electrons. The molecule has 0 spiro atoms. The number of allylic oxidation sites excluding steroid dienone is 3. The Bertz CT molecular complexity index is 964. The summed E-state index contributed by atoms with van der Waals surface area (Å²) in [7, 11) is 5.82. The molecule has 29 heavy (non-hydrogen) atoms. The summed E-state index contributed by atoms with van der Waals surface area (Å²) < 4.78 is 21.2. The van der Waals surface area contributed by atoms with Crippen LogP contribution in [0, 0.1) is 0 Å². The van der Waals surface area contributed by atoms with E-state index in [1.54, 1.807) is 24.3 Å². The number of carbonyl (C=O) groups is 1. The molecule has 0 atom stereocenters. The zero-order chi connectivity index (χ0) is 21.0. The van der Waals surface area contributed by atoms with E-state index in [4.69, 9.17) is 18.9 Å². The van der Waals surface area contributed by atoms with Gasteiger partial charge >= 0.3 is 0 Å². The van der Waals surface area contributed by atoms with E-state index >= 15 is 0 Å². The molecule has 0 bridgehead atoms. The minimum absolute atomic E-state index is 0.0868. The summed E-state index contributed by atoms with van der Waals surface area (Å²) in [6.45, 7) is 0. The van der Waals surface area contributed by atoms with Gasteiger partial charge in [0, 0.05) is 0 Å². The number of phenols is 1. The number of ketones is 1. The molecule has 1 N–H and O–H groups in total. The minimum Gasteiger partial charge on any atom is -0.502 e. The van der Waals surface area contributed by atoms with Crippen LogP contribution in [-0.2, 0) is 14.3 Å². The number of ether oxygens (including phenoxy) is 4. The van der Waals surface area contributed by atoms with E-state index in [1.807, 2.05) is 30.3 Å². The molecular formula is C23H22O6. The lowest BCUT2D eigenvalue weighted by Gasteiger charge is -2.19. The van der Waals surface area contributed by atoms with Crippen molar-refractivity contribution in [3.63, 3.8) is 0 Å². The van der Waals surface area contributed by atoms with Gasteiger partial charge in [0.05, 0.1) is 28.4 Å². The maximum Gasteiger partial charge on any atom is 0.261 e. The molecule has 0 amide bonds. The smallest absolute Gasteiger partial charge is 0.261 e. The molecule has 1 aliphatic rings. The Morgan fingerprint density at radius 2 is 1.28 bits per heavy atom. The van der Waals surface area contributed by atoms with Crippen molar-refractivity contribution < 1.29 is 28.8 Å². The molecule has 0 unspecified atom stereocenters. The maximum atomic E-state index is 12.4. The van der Waals surface area contributed by atoms with Crippen LogP contribution in [0.2, 0.25) is 0 Å². The van der Waals surface area contributed by atoms with Crippen LogP contribution in [-0.4, -0.2) is 39.3 Å². The summed E-state index contributed by atoms with van der Waals surface area (Å²) in [5.41, 5.74) is 3.12. The van der Waals surface area contributed by atoms with Gasteiger partial charge in [-0.25, -0.2) is 0 Å². The molecular weight excluding hydrogens is 372 g/mol. The molecule has 0 saturated heterocycles. The van der Waals surface area contributed by atoms with E-state index in [0.29, 0.717) is 5.57 Å². The van der Waals surface area contributed by atoms with Crippen LogP contribution in [0.25, 0.3) is 5.57 Å². The Morgan fingerprint density at radius 1 is 0.759 bits per heavy atom. The third kappa shape index (κ3) is 3.82. The quantitative estimate of drug-likeness (QED) is 0.802. The predicted molar refractivity (Wildman–Crippen MR) is 109 cm³/mol. The number of rotatable bonds is 6. The summed E-state index contributed by atoms with van der Waals surface area (Å²) in [5, 5.41) is 10.3. The van der Waals surface area contributed by atoms with Gasteiger partial charge in [-0.3, -0.25) is 4.79 Å². The van der Waals surface area contributed by atoms with Crippen LogP contribution in [0.5, 0.6) is 17.2 Å². The molecule has 3 rings (SSSR count). The monoisotopic (exact) mass is 394 g/mol. The zero-order valence-corrected chi connectivity index (χ0v) is 16.7. The number of phenolic OH excluding ortho intramolecular Hbond substituents is 1. The fourth-order valence-electron chi connectivity index (χ4n) is 3.17. The fourth-order valence-corrected chi connectivity index (χ4v) is 3.17. The highest BCUT2D eigenvalue weighted by Gasteiger charge is 2.25. The molecule has 0 saturated carbocycles. The Labute approximate surface area is 169 Å². The highest BCUT2D eigenvalue weighted by atomic mass is 16.5. The van der Waals surface area contributed by atoms with Gasteiger partial charge < -0.3 is 24.1 Å². The van der Waals surface area contributed by atoms with Gasteiger partial charge in [0.2, 0.25) is 5.75 Å². The van der Waals surface area contributed by atoms with E-state index in [0.717, 1.165) is 16.7 Å². The Hall–Kier alpha value is -3.67. The second-order valence-corrected chi connectivity index (χ2v) is 6.18. The lowest BCUT2D eigenvalue weighted by Crippen LogP contribution is -2.14. The summed E-state index contributed by atoms with van der Waals surface area (Å²) in [6.07, 6.45) is 3.33. The highest BCUT2D eigenvalue weighted by Crippen LogP contribution is 2.42. The summed E-state index contributed by atoms with van der Waals surface area (Å²) >= 11 is 0. The molecule has 150 valence electrons. The molecule has 2 aromatic carbocycles. The second kappa shape index (κ2) is 8.56. The van der Waals surface area contributed by atoms with Crippen LogP contribution in [0.4, 0.5) is 0 Å². The number of methoxy groups -OCH3 is 4. The lowest BCUT2D eigenvalue weighted by molar-refractivity contribution is -0.117. The van der Waals surface area contributed by atoms with Crippen LogP contribution < -0.4 is 9.47 Å². The van der Waals surface area contributed by atoms with Gasteiger partial charge in [-0.2, -0.15) is 0 Å². The number of benzene rings is 2. The molecule has 6 nitrogen and oxygen atoms in total. The van der Waals surface area contributed by atoms with Gasteiger partial charge in [-0.15, -0.1) is 0 Å². The van der Waals surface area contributed by atoms with E-state index in [9.17, 15) is 9.90 Å². The number of Topliss-reactive ketones (excluding diaryl/α,β-unsaturated/α-hetero) is 1. The van der Waals surface area contributed by atoms with Crippen LogP contribution >= 0.6 is 0 Å². The van der Waals surface area contributed by atoms with Gasteiger partial charge in [-0.05, 0) is 46.6 Å². The summed E-state index contributed by atoms with van der Waals surface area (Å²) in [5.74, 6) is 0.471. The number of aromatic hydroxyl groups is 1. The first-order valence-electron chi connectivity index (χ1n) is 8.85. The van der Waals surface area contributed by atoms with Gasteiger partial charge in [0.1, 0.15) is 0 Å². The third-order valence-corrected chi connectivity index (χ3v) is 4.58. The topological polar surface area (TPSA) is 74.2 Å². The SMILES string of the molecule is COC1=CC(=C(c2ccccc2)c2cc(OC)c(O)c(OC)c2)C=C(OC)C1=O. The number of carbonyl (C=O) groups excluding carboxylic acids is 1. The van der Waals surface area contributed by atoms with Crippen molar-refractivity contribution in [2.24, 2.45) is 0 Å². The molecule has 0 aliphatic heterocycles. The van der Waals surface area contributed by atoms with E-state index < -0.39 is 0 Å². The summed E-state index contributed by atoms with van der Waals surface area (Å²) in [4.78, 5) is 12.4. The lowest BCUT2D eigenvalue weighted by atomic mass is 9.89. The highest BCUT2D eigenvalue weighted by molar-refractivity contribution is 6.08. The summed E-state index contributed by atoms with van der Waals surface area (Å²) in [6, 6.07) is 13.1. The zero-order valence-electron chi connectivity index (χ0n) is 16.7. The van der Waals surface area contributed by atoms with Crippen molar-refractivity contribution in [3.8, 4) is 17.2 Å². The van der Waals surface area contributed by atoms with E-state index in [2.05, 4.69) is 0 Å². The van der Waals surface area contributed by atoms with Crippen LogP contribution in [0.1, 0.15) is 11.1 Å². The van der Waals surface area contributed by atoms with Crippen molar-refractivity contribution >= 4 is 11.4 Å². The van der Waals surface area contributed by atoms with Crippen LogP contribution in [0.3, 0.4) is 0 Å².